The summed E-state index contributed by atoms with van der Waals surface area (Å²) in [4.78, 5) is 6.22. The van der Waals surface area contributed by atoms with Crippen LogP contribution in [0.3, 0.4) is 0 Å². The predicted octanol–water partition coefficient (Wildman–Crippen LogP) is 2.74. The molecule has 8 heteroatoms. The molecule has 1 saturated heterocycles. The quantitative estimate of drug-likeness (QED) is 0.728. The van der Waals surface area contributed by atoms with Crippen LogP contribution in [-0.4, -0.2) is 37.7 Å². The summed E-state index contributed by atoms with van der Waals surface area (Å²) >= 11 is 0. The van der Waals surface area contributed by atoms with Gasteiger partial charge < -0.3 is 8.98 Å². The van der Waals surface area contributed by atoms with Gasteiger partial charge in [-0.1, -0.05) is 6.07 Å². The summed E-state index contributed by atoms with van der Waals surface area (Å²) in [7, 11) is 1.87. The van der Waals surface area contributed by atoms with Gasteiger partial charge in [-0.05, 0) is 30.7 Å². The van der Waals surface area contributed by atoms with Crippen LogP contribution < -0.4 is 0 Å². The van der Waals surface area contributed by atoms with E-state index in [9.17, 15) is 8.78 Å². The Labute approximate surface area is 143 Å². The number of hydrogen-bond acceptors (Lipinski definition) is 5. The van der Waals surface area contributed by atoms with E-state index in [-0.39, 0.29) is 5.92 Å². The van der Waals surface area contributed by atoms with Crippen LogP contribution in [0.4, 0.5) is 8.78 Å². The lowest BCUT2D eigenvalue weighted by Crippen LogP contribution is -2.20. The maximum atomic E-state index is 13.3. The Morgan fingerprint density at radius 3 is 2.88 bits per heavy atom. The fourth-order valence-corrected chi connectivity index (χ4v) is 3.14. The van der Waals surface area contributed by atoms with Crippen LogP contribution in [0.1, 0.15) is 23.8 Å². The van der Waals surface area contributed by atoms with Gasteiger partial charge in [-0.15, -0.1) is 10.2 Å². The largest absolute Gasteiger partial charge is 0.419 e. The summed E-state index contributed by atoms with van der Waals surface area (Å²) in [5, 5.41) is 8.28. The molecule has 0 saturated carbocycles. The first-order chi connectivity index (χ1) is 12.1. The Hall–Kier alpha value is -2.61. The first-order valence-corrected chi connectivity index (χ1v) is 8.06. The minimum absolute atomic E-state index is 0.139. The van der Waals surface area contributed by atoms with Gasteiger partial charge in [-0.2, -0.15) is 0 Å². The average Bonchev–Trinajstić information content (AvgIpc) is 3.31. The van der Waals surface area contributed by atoms with Crippen molar-refractivity contribution in [1.82, 2.24) is 24.6 Å². The molecule has 0 amide bonds. The lowest BCUT2D eigenvalue weighted by Gasteiger charge is -2.15. The number of halogens is 2. The molecule has 1 aromatic carbocycles. The summed E-state index contributed by atoms with van der Waals surface area (Å²) in [5.74, 6) is -0.444. The molecule has 1 fully saturated rings. The van der Waals surface area contributed by atoms with E-state index in [0.29, 0.717) is 18.3 Å². The Morgan fingerprint density at radius 1 is 1.24 bits per heavy atom. The predicted molar refractivity (Wildman–Crippen MR) is 85.5 cm³/mol. The van der Waals surface area contributed by atoms with Crippen LogP contribution in [-0.2, 0) is 13.6 Å². The normalized spacial score (nSPS) is 18.1. The minimum Gasteiger partial charge on any atom is -0.419 e. The number of nitrogens with zero attached hydrogens (tertiary/aromatic N) is 5. The summed E-state index contributed by atoms with van der Waals surface area (Å²) in [6, 6.07) is 4.02. The molecule has 3 heterocycles. The van der Waals surface area contributed by atoms with Gasteiger partial charge in [0, 0.05) is 20.1 Å². The van der Waals surface area contributed by atoms with Gasteiger partial charge in [0.15, 0.2) is 11.6 Å². The van der Waals surface area contributed by atoms with E-state index in [4.69, 9.17) is 4.42 Å². The molecule has 0 spiro atoms. The number of aryl methyl sites for hydroxylation is 1. The van der Waals surface area contributed by atoms with Crippen molar-refractivity contribution in [1.29, 1.82) is 0 Å². The molecular weight excluding hydrogens is 328 g/mol. The van der Waals surface area contributed by atoms with Crippen molar-refractivity contribution in [3.05, 3.63) is 53.8 Å². The van der Waals surface area contributed by atoms with Crippen LogP contribution in [0, 0.1) is 11.6 Å². The summed E-state index contributed by atoms with van der Waals surface area (Å²) < 4.78 is 34.0. The van der Waals surface area contributed by atoms with Gasteiger partial charge in [0.1, 0.15) is 5.69 Å². The lowest BCUT2D eigenvalue weighted by atomic mass is 10.1. The summed E-state index contributed by atoms with van der Waals surface area (Å²) in [6.07, 6.45) is 4.25. The number of likely N-dealkylation sites (tertiary alicyclic amines) is 1. The SMILES string of the molecule is Cn1cncc1-c1nnc([C@H]2CCN(Cc3ccc(F)c(F)c3)C2)o1. The molecule has 130 valence electrons. The molecular formula is C17H17F2N5O. The zero-order valence-corrected chi connectivity index (χ0v) is 13.7. The van der Waals surface area contributed by atoms with Gasteiger partial charge in [0.2, 0.25) is 5.89 Å². The van der Waals surface area contributed by atoms with E-state index in [1.807, 2.05) is 11.6 Å². The van der Waals surface area contributed by atoms with Crippen molar-refractivity contribution in [3.8, 4) is 11.6 Å². The minimum atomic E-state index is -0.823. The number of rotatable bonds is 4. The molecule has 6 nitrogen and oxygen atoms in total. The third kappa shape index (κ3) is 3.17. The second-order valence-corrected chi connectivity index (χ2v) is 6.30. The van der Waals surface area contributed by atoms with Crippen LogP contribution in [0.5, 0.6) is 0 Å². The maximum Gasteiger partial charge on any atom is 0.265 e. The fourth-order valence-electron chi connectivity index (χ4n) is 3.14. The number of hydrogen-bond donors (Lipinski definition) is 0. The van der Waals surface area contributed by atoms with Crippen LogP contribution in [0.2, 0.25) is 0 Å². The summed E-state index contributed by atoms with van der Waals surface area (Å²) in [6.45, 7) is 2.15. The third-order valence-electron chi connectivity index (χ3n) is 4.49. The molecule has 25 heavy (non-hydrogen) atoms. The molecule has 4 rings (SSSR count). The highest BCUT2D eigenvalue weighted by atomic mass is 19.2. The monoisotopic (exact) mass is 345 g/mol. The first kappa shape index (κ1) is 15.9. The van der Waals surface area contributed by atoms with E-state index in [1.165, 1.54) is 6.07 Å². The summed E-state index contributed by atoms with van der Waals surface area (Å²) in [5.41, 5.74) is 1.52. The molecule has 0 unspecified atom stereocenters. The van der Waals surface area contributed by atoms with Crippen molar-refractivity contribution in [3.63, 3.8) is 0 Å². The second kappa shape index (κ2) is 6.36. The van der Waals surface area contributed by atoms with E-state index in [2.05, 4.69) is 20.1 Å². The molecule has 0 aliphatic carbocycles. The zero-order valence-electron chi connectivity index (χ0n) is 13.7. The van der Waals surface area contributed by atoms with E-state index < -0.39 is 11.6 Å². The van der Waals surface area contributed by atoms with E-state index in [1.54, 1.807) is 18.6 Å². The zero-order chi connectivity index (χ0) is 17.4. The standard InChI is InChI=1S/C17H17F2N5O/c1-23-10-20-7-15(23)17-22-21-16(25-17)12-4-5-24(9-12)8-11-2-3-13(18)14(19)6-11/h2-3,6-7,10,12H,4-5,8-9H2,1H3/t12-/m0/s1. The van der Waals surface area contributed by atoms with Gasteiger partial charge >= 0.3 is 0 Å². The average molecular weight is 345 g/mol. The number of imidazole rings is 1. The molecule has 0 N–H and O–H groups in total. The number of aromatic nitrogens is 4. The maximum absolute atomic E-state index is 13.3. The van der Waals surface area contributed by atoms with E-state index >= 15 is 0 Å². The van der Waals surface area contributed by atoms with E-state index in [0.717, 1.165) is 36.8 Å². The number of benzene rings is 1. The van der Waals surface area contributed by atoms with Gasteiger partial charge in [0.05, 0.1) is 18.4 Å². The Kier molecular flexibility index (Phi) is 4.04. The molecule has 3 aromatic rings. The van der Waals surface area contributed by atoms with Crippen molar-refractivity contribution in [2.45, 2.75) is 18.9 Å². The topological polar surface area (TPSA) is 60.0 Å². The molecule has 0 radical (unpaired) electrons. The van der Waals surface area contributed by atoms with Crippen LogP contribution >= 0.6 is 0 Å². The molecule has 1 aliphatic heterocycles. The van der Waals surface area contributed by atoms with Gasteiger partial charge in [-0.25, -0.2) is 13.8 Å². The highest BCUT2D eigenvalue weighted by Crippen LogP contribution is 2.29. The van der Waals surface area contributed by atoms with Gasteiger partial charge in [-0.3, -0.25) is 4.90 Å². The smallest absolute Gasteiger partial charge is 0.265 e. The van der Waals surface area contributed by atoms with Crippen molar-refractivity contribution in [2.75, 3.05) is 13.1 Å². The first-order valence-electron chi connectivity index (χ1n) is 8.06. The third-order valence-corrected chi connectivity index (χ3v) is 4.49. The van der Waals surface area contributed by atoms with Gasteiger partial charge in [0.25, 0.3) is 5.89 Å². The Morgan fingerprint density at radius 2 is 2.12 bits per heavy atom. The van der Waals surface area contributed by atoms with Crippen molar-refractivity contribution in [2.24, 2.45) is 7.05 Å². The Balaban J connectivity index is 1.43. The molecule has 1 aliphatic rings. The molecule has 2 aromatic heterocycles. The lowest BCUT2D eigenvalue weighted by molar-refractivity contribution is 0.319. The fraction of sp³-hybridized carbons (Fsp3) is 0.353. The van der Waals surface area contributed by atoms with Crippen LogP contribution in [0.25, 0.3) is 11.6 Å². The highest BCUT2D eigenvalue weighted by molar-refractivity contribution is 5.44. The second-order valence-electron chi connectivity index (χ2n) is 6.30. The molecule has 0 bridgehead atoms. The highest BCUT2D eigenvalue weighted by Gasteiger charge is 2.28. The van der Waals surface area contributed by atoms with Crippen molar-refractivity contribution >= 4 is 0 Å². The molecule has 1 atom stereocenters. The Bertz CT molecular complexity index is 891. The van der Waals surface area contributed by atoms with Crippen LogP contribution in [0.15, 0.2) is 35.1 Å². The van der Waals surface area contributed by atoms with Crippen molar-refractivity contribution < 1.29 is 13.2 Å².